The number of carboxylic acids is 1. The number of carbonyl (C=O) groups is 2. The number of primary amides is 1. The van der Waals surface area contributed by atoms with Crippen LogP contribution >= 0.6 is 0 Å². The molecule has 6 nitrogen and oxygen atoms in total. The maximum absolute atomic E-state index is 10.7. The second kappa shape index (κ2) is 3.08. The third kappa shape index (κ3) is 1.26. The van der Waals surface area contributed by atoms with Gasteiger partial charge < -0.3 is 20.3 Å². The molecule has 0 saturated carbocycles. The van der Waals surface area contributed by atoms with E-state index < -0.39 is 17.7 Å². The van der Waals surface area contributed by atoms with E-state index in [1.165, 1.54) is 0 Å². The van der Waals surface area contributed by atoms with Gasteiger partial charge in [0.2, 0.25) is 0 Å². The van der Waals surface area contributed by atoms with Crippen molar-refractivity contribution in [3.8, 4) is 0 Å². The van der Waals surface area contributed by atoms with Crippen LogP contribution in [0.4, 0.5) is 0 Å². The van der Waals surface area contributed by atoms with Gasteiger partial charge in [0, 0.05) is 0 Å². The summed E-state index contributed by atoms with van der Waals surface area (Å²) >= 11 is 0. The number of hydrogen-bond acceptors (Lipinski definition) is 4. The van der Waals surface area contributed by atoms with Crippen LogP contribution in [0.3, 0.4) is 0 Å². The van der Waals surface area contributed by atoms with E-state index in [1.807, 2.05) is 0 Å². The Balaban J connectivity index is 2.84. The van der Waals surface area contributed by atoms with Crippen LogP contribution in [0.1, 0.15) is 6.42 Å². The second-order valence-electron chi connectivity index (χ2n) is 2.34. The molecule has 1 fully saturated rings. The third-order valence-electron chi connectivity index (χ3n) is 1.51. The van der Waals surface area contributed by atoms with Gasteiger partial charge in [-0.05, 0) is 6.42 Å². The molecule has 6 heteroatoms. The summed E-state index contributed by atoms with van der Waals surface area (Å²) in [5.74, 6) is -4.90. The molecule has 0 spiro atoms. The van der Waals surface area contributed by atoms with Crippen molar-refractivity contribution in [1.29, 1.82) is 0 Å². The molecule has 1 aliphatic rings. The molecule has 1 aliphatic heterocycles. The predicted octanol–water partition coefficient (Wildman–Crippen LogP) is -1.31. The molecule has 0 aromatic heterocycles. The molecule has 1 heterocycles. The zero-order chi connectivity index (χ0) is 9.19. The minimum Gasteiger partial charge on any atom is -0.477 e. The monoisotopic (exact) mass is 175 g/mol. The van der Waals surface area contributed by atoms with Crippen molar-refractivity contribution in [3.05, 3.63) is 0 Å². The fourth-order valence-electron chi connectivity index (χ4n) is 0.904. The first-order valence-corrected chi connectivity index (χ1v) is 3.41. The summed E-state index contributed by atoms with van der Waals surface area (Å²) < 4.78 is 9.38. The molecule has 1 amide bonds. The minimum atomic E-state index is -2.27. The van der Waals surface area contributed by atoms with Gasteiger partial charge in [0.1, 0.15) is 0 Å². The van der Waals surface area contributed by atoms with E-state index in [0.717, 1.165) is 0 Å². The van der Waals surface area contributed by atoms with Gasteiger partial charge in [-0.1, -0.05) is 0 Å². The van der Waals surface area contributed by atoms with Crippen LogP contribution in [0.15, 0.2) is 0 Å². The van der Waals surface area contributed by atoms with Gasteiger partial charge in [-0.2, -0.15) is 0 Å². The summed E-state index contributed by atoms with van der Waals surface area (Å²) in [6.07, 6.45) is 0.558. The SMILES string of the molecule is NC(=O)C1(C(=O)O)OCCCO1. The zero-order valence-electron chi connectivity index (χ0n) is 6.28. The smallest absolute Gasteiger partial charge is 0.375 e. The summed E-state index contributed by atoms with van der Waals surface area (Å²) in [7, 11) is 0. The van der Waals surface area contributed by atoms with Crippen LogP contribution in [0.25, 0.3) is 0 Å². The highest BCUT2D eigenvalue weighted by molar-refractivity contribution is 6.02. The molecule has 1 saturated heterocycles. The molecule has 0 bridgehead atoms. The zero-order valence-corrected chi connectivity index (χ0v) is 6.28. The van der Waals surface area contributed by atoms with E-state index in [9.17, 15) is 9.59 Å². The van der Waals surface area contributed by atoms with E-state index in [0.29, 0.717) is 6.42 Å². The van der Waals surface area contributed by atoms with Crippen LogP contribution in [0.5, 0.6) is 0 Å². The summed E-state index contributed by atoms with van der Waals surface area (Å²) in [5, 5.41) is 8.61. The maximum Gasteiger partial charge on any atom is 0.375 e. The molecule has 0 aliphatic carbocycles. The Morgan fingerprint density at radius 2 is 1.83 bits per heavy atom. The number of aliphatic carboxylic acids is 1. The summed E-state index contributed by atoms with van der Waals surface area (Å²) in [6, 6.07) is 0. The van der Waals surface area contributed by atoms with Crippen LogP contribution in [0, 0.1) is 0 Å². The lowest BCUT2D eigenvalue weighted by Crippen LogP contribution is -2.57. The first-order valence-electron chi connectivity index (χ1n) is 3.41. The van der Waals surface area contributed by atoms with E-state index in [1.54, 1.807) is 0 Å². The fraction of sp³-hybridized carbons (Fsp3) is 0.667. The summed E-state index contributed by atoms with van der Waals surface area (Å²) in [4.78, 5) is 21.3. The molecule has 0 radical (unpaired) electrons. The van der Waals surface area contributed by atoms with Gasteiger partial charge in [0.05, 0.1) is 13.2 Å². The van der Waals surface area contributed by atoms with E-state index in [4.69, 9.17) is 20.3 Å². The minimum absolute atomic E-state index is 0.162. The van der Waals surface area contributed by atoms with E-state index in [2.05, 4.69) is 0 Å². The van der Waals surface area contributed by atoms with Crippen molar-refractivity contribution in [2.45, 2.75) is 12.2 Å². The van der Waals surface area contributed by atoms with Gasteiger partial charge in [-0.25, -0.2) is 4.79 Å². The van der Waals surface area contributed by atoms with Crippen LogP contribution in [-0.4, -0.2) is 36.0 Å². The Labute approximate surface area is 68.2 Å². The molecular formula is C6H9NO5. The number of rotatable bonds is 2. The third-order valence-corrected chi connectivity index (χ3v) is 1.51. The number of carbonyl (C=O) groups excluding carboxylic acids is 1. The van der Waals surface area contributed by atoms with Gasteiger partial charge in [-0.15, -0.1) is 0 Å². The molecule has 68 valence electrons. The predicted molar refractivity (Wildman–Crippen MR) is 36.1 cm³/mol. The van der Waals surface area contributed by atoms with Crippen molar-refractivity contribution >= 4 is 11.9 Å². The lowest BCUT2D eigenvalue weighted by Gasteiger charge is -2.29. The normalized spacial score (nSPS) is 21.7. The number of nitrogens with two attached hydrogens (primary N) is 1. The Kier molecular flexibility index (Phi) is 2.30. The first-order chi connectivity index (χ1) is 5.59. The molecule has 3 N–H and O–H groups in total. The Morgan fingerprint density at radius 3 is 2.08 bits per heavy atom. The number of carboxylic acid groups (broad SMARTS) is 1. The number of hydrogen-bond donors (Lipinski definition) is 2. The number of amides is 1. The molecule has 0 unspecified atom stereocenters. The van der Waals surface area contributed by atoms with Crippen LogP contribution in [-0.2, 0) is 19.1 Å². The standard InChI is InChI=1S/C6H9NO5/c7-4(8)6(5(9)10)11-2-1-3-12-6/h1-3H2,(H2,7,8)(H,9,10). The van der Waals surface area contributed by atoms with Gasteiger partial charge in [0.15, 0.2) is 0 Å². The highest BCUT2D eigenvalue weighted by atomic mass is 16.7. The topological polar surface area (TPSA) is 98.9 Å². The van der Waals surface area contributed by atoms with Crippen molar-refractivity contribution in [3.63, 3.8) is 0 Å². The molecule has 0 aromatic rings. The summed E-state index contributed by atoms with van der Waals surface area (Å²) in [5.41, 5.74) is 4.83. The molecule has 1 rings (SSSR count). The highest BCUT2D eigenvalue weighted by Crippen LogP contribution is 2.18. The Hall–Kier alpha value is -1.14. The van der Waals surface area contributed by atoms with Gasteiger partial charge in [0.25, 0.3) is 5.91 Å². The average molecular weight is 175 g/mol. The maximum atomic E-state index is 10.7. The molecule has 12 heavy (non-hydrogen) atoms. The van der Waals surface area contributed by atoms with E-state index >= 15 is 0 Å². The molecule has 0 aromatic carbocycles. The summed E-state index contributed by atoms with van der Waals surface area (Å²) in [6.45, 7) is 0.324. The van der Waals surface area contributed by atoms with Crippen molar-refractivity contribution < 1.29 is 24.2 Å². The number of ether oxygens (including phenoxy) is 2. The fourth-order valence-corrected chi connectivity index (χ4v) is 0.904. The largest absolute Gasteiger partial charge is 0.477 e. The Bertz CT molecular complexity index is 192. The van der Waals surface area contributed by atoms with Gasteiger partial charge >= 0.3 is 11.8 Å². The quantitative estimate of drug-likeness (QED) is 0.507. The lowest BCUT2D eigenvalue weighted by atomic mass is 10.2. The average Bonchev–Trinajstić information content (AvgIpc) is 2.05. The molecular weight excluding hydrogens is 166 g/mol. The van der Waals surface area contributed by atoms with Crippen molar-refractivity contribution in [2.24, 2.45) is 5.73 Å². The van der Waals surface area contributed by atoms with Crippen LogP contribution in [0.2, 0.25) is 0 Å². The van der Waals surface area contributed by atoms with Crippen LogP contribution < -0.4 is 5.73 Å². The highest BCUT2D eigenvalue weighted by Gasteiger charge is 2.49. The molecule has 0 atom stereocenters. The second-order valence-corrected chi connectivity index (χ2v) is 2.34. The van der Waals surface area contributed by atoms with Gasteiger partial charge in [-0.3, -0.25) is 4.79 Å². The Morgan fingerprint density at radius 1 is 1.33 bits per heavy atom. The first kappa shape index (κ1) is 8.95. The van der Waals surface area contributed by atoms with Crippen molar-refractivity contribution in [2.75, 3.05) is 13.2 Å². The lowest BCUT2D eigenvalue weighted by molar-refractivity contribution is -0.254. The van der Waals surface area contributed by atoms with Crippen molar-refractivity contribution in [1.82, 2.24) is 0 Å². The van der Waals surface area contributed by atoms with E-state index in [-0.39, 0.29) is 13.2 Å².